The molecule has 194 valence electrons. The molecular weight excluding hydrogens is 491 g/mol. The minimum Gasteiger partial charge on any atom is -0.337 e. The minimum absolute atomic E-state index is 0.145. The van der Waals surface area contributed by atoms with Gasteiger partial charge in [0.1, 0.15) is 14.4 Å². The lowest BCUT2D eigenvalue weighted by Gasteiger charge is -2.37. The highest BCUT2D eigenvalue weighted by atomic mass is 16.2. The van der Waals surface area contributed by atoms with Gasteiger partial charge in [-0.25, -0.2) is 19.8 Å². The second-order valence-electron chi connectivity index (χ2n) is 9.73. The van der Waals surface area contributed by atoms with Gasteiger partial charge < -0.3 is 9.80 Å². The molecule has 2 aliphatic heterocycles. The Morgan fingerprint density at radius 2 is 1.90 bits per heavy atom. The predicted octanol–water partition coefficient (Wildman–Crippen LogP) is 2.13. The van der Waals surface area contributed by atoms with Crippen molar-refractivity contribution < 1.29 is 4.79 Å². The number of anilines is 1. The smallest absolute Gasteiger partial charge is 0.337 e. The number of rotatable bonds is 4. The summed E-state index contributed by atoms with van der Waals surface area (Å²) in [4.78, 5) is 26.5. The number of hydrogen-bond acceptors (Lipinski definition) is 8. The molecule has 2 radical (unpaired) electrons. The third-order valence-electron chi connectivity index (χ3n) is 7.12. The molecule has 3 aromatic rings. The molecule has 5 rings (SSSR count). The molecule has 1 unspecified atom stereocenters. The SMILES string of the molecule is [B]c1cnc(N2CCN(C(=O)N3N=CCC3c3cc(C)cc(C#N)c3)CC2)nc1-c1c(C)nn(CC#N)c1C. The van der Waals surface area contributed by atoms with Gasteiger partial charge in [-0.3, -0.25) is 4.68 Å². The standard InChI is InChI=1S/C27H27BN10O/c1-17-12-20(15-30)14-21(13-17)23-4-6-32-38(23)27(39)36-10-8-35(9-11-36)26-31-16-22(28)25(33-26)24-18(2)34-37(7-5-29)19(24)3/h6,12-14,16,23H,4,7-11H2,1-3H3. The van der Waals surface area contributed by atoms with Gasteiger partial charge in [0.15, 0.2) is 0 Å². The van der Waals surface area contributed by atoms with Crippen LogP contribution in [0.15, 0.2) is 29.5 Å². The fourth-order valence-corrected chi connectivity index (χ4v) is 5.18. The Hall–Kier alpha value is -4.71. The van der Waals surface area contributed by atoms with Crippen molar-refractivity contribution in [3.05, 3.63) is 52.5 Å². The molecular formula is C27H27BN10O. The number of carbonyl (C=O) groups is 1. The van der Waals surface area contributed by atoms with Crippen LogP contribution in [-0.4, -0.2) is 75.9 Å². The minimum atomic E-state index is -0.237. The van der Waals surface area contributed by atoms with Crippen LogP contribution in [0.1, 0.15) is 40.5 Å². The second kappa shape index (κ2) is 10.6. The summed E-state index contributed by atoms with van der Waals surface area (Å²) in [7, 11) is 6.26. The molecule has 12 heteroatoms. The lowest BCUT2D eigenvalue weighted by Crippen LogP contribution is -2.52. The molecule has 11 nitrogen and oxygen atoms in total. The fraction of sp³-hybridized carbons (Fsp3) is 0.370. The summed E-state index contributed by atoms with van der Waals surface area (Å²) in [5.74, 6) is 0.527. The summed E-state index contributed by atoms with van der Waals surface area (Å²) in [6.07, 6.45) is 3.95. The maximum absolute atomic E-state index is 13.5. The van der Waals surface area contributed by atoms with Crippen molar-refractivity contribution in [2.75, 3.05) is 31.1 Å². The normalized spacial score (nSPS) is 16.8. The first-order chi connectivity index (χ1) is 18.8. The van der Waals surface area contributed by atoms with Crippen LogP contribution in [0.3, 0.4) is 0 Å². The Kier molecular flexibility index (Phi) is 7.03. The number of amides is 2. The number of hydrogen-bond donors (Lipinski definition) is 0. The highest BCUT2D eigenvalue weighted by Crippen LogP contribution is 2.31. The quantitative estimate of drug-likeness (QED) is 0.484. The summed E-state index contributed by atoms with van der Waals surface area (Å²) in [6, 6.07) is 9.57. The topological polar surface area (TPSA) is 130 Å². The third-order valence-corrected chi connectivity index (χ3v) is 7.12. The van der Waals surface area contributed by atoms with Gasteiger partial charge in [0.05, 0.1) is 35.1 Å². The van der Waals surface area contributed by atoms with Crippen molar-refractivity contribution in [3.8, 4) is 23.4 Å². The molecule has 2 aromatic heterocycles. The van der Waals surface area contributed by atoms with E-state index in [0.717, 1.165) is 28.1 Å². The van der Waals surface area contributed by atoms with Gasteiger partial charge in [0, 0.05) is 56.3 Å². The molecule has 2 aliphatic rings. The zero-order valence-electron chi connectivity index (χ0n) is 22.2. The van der Waals surface area contributed by atoms with E-state index < -0.39 is 0 Å². The Morgan fingerprint density at radius 3 is 2.62 bits per heavy atom. The van der Waals surface area contributed by atoms with Gasteiger partial charge in [-0.2, -0.15) is 20.7 Å². The number of piperazine rings is 1. The van der Waals surface area contributed by atoms with Crippen molar-refractivity contribution in [1.29, 1.82) is 10.5 Å². The summed E-state index contributed by atoms with van der Waals surface area (Å²) in [6.45, 7) is 7.91. The van der Waals surface area contributed by atoms with Gasteiger partial charge in [-0.05, 0) is 44.0 Å². The third kappa shape index (κ3) is 4.93. The average Bonchev–Trinajstić information content (AvgIpc) is 3.53. The van der Waals surface area contributed by atoms with E-state index in [4.69, 9.17) is 18.1 Å². The number of aromatic nitrogens is 4. The molecule has 39 heavy (non-hydrogen) atoms. The Bertz CT molecular complexity index is 1540. The van der Waals surface area contributed by atoms with E-state index in [9.17, 15) is 10.1 Å². The number of benzene rings is 1. The van der Waals surface area contributed by atoms with Crippen molar-refractivity contribution in [3.63, 3.8) is 0 Å². The molecule has 4 heterocycles. The fourth-order valence-electron chi connectivity index (χ4n) is 5.18. The van der Waals surface area contributed by atoms with E-state index in [0.29, 0.717) is 55.3 Å². The molecule has 0 spiro atoms. The van der Waals surface area contributed by atoms with E-state index in [2.05, 4.69) is 27.3 Å². The monoisotopic (exact) mass is 518 g/mol. The molecule has 0 saturated carbocycles. The van der Waals surface area contributed by atoms with E-state index in [1.54, 1.807) is 22.0 Å². The zero-order chi connectivity index (χ0) is 27.7. The van der Waals surface area contributed by atoms with Crippen molar-refractivity contribution in [2.24, 2.45) is 5.10 Å². The van der Waals surface area contributed by atoms with Crippen LogP contribution in [0, 0.1) is 43.4 Å². The molecule has 2 amide bonds. The van der Waals surface area contributed by atoms with Crippen LogP contribution >= 0.6 is 0 Å². The van der Waals surface area contributed by atoms with Crippen molar-refractivity contribution in [1.82, 2.24) is 29.7 Å². The van der Waals surface area contributed by atoms with E-state index >= 15 is 0 Å². The van der Waals surface area contributed by atoms with Crippen LogP contribution in [-0.2, 0) is 6.54 Å². The van der Waals surface area contributed by atoms with Gasteiger partial charge in [-0.1, -0.05) is 11.5 Å². The molecule has 1 fully saturated rings. The number of urea groups is 1. The molecule has 1 saturated heterocycles. The molecule has 0 aliphatic carbocycles. The van der Waals surface area contributed by atoms with Gasteiger partial charge in [0.2, 0.25) is 5.95 Å². The number of carbonyl (C=O) groups excluding carboxylic acids is 1. The van der Waals surface area contributed by atoms with E-state index in [1.807, 2.05) is 43.9 Å². The molecule has 0 bridgehead atoms. The summed E-state index contributed by atoms with van der Waals surface area (Å²) in [5, 5.41) is 28.8. The van der Waals surface area contributed by atoms with Crippen LogP contribution in [0.2, 0.25) is 0 Å². The number of nitriles is 2. The van der Waals surface area contributed by atoms with Gasteiger partial charge >= 0.3 is 6.03 Å². The summed E-state index contributed by atoms with van der Waals surface area (Å²) < 4.78 is 1.64. The largest absolute Gasteiger partial charge is 0.341 e. The molecule has 1 aromatic carbocycles. The van der Waals surface area contributed by atoms with Gasteiger partial charge in [-0.15, -0.1) is 0 Å². The Balaban J connectivity index is 1.30. The lowest BCUT2D eigenvalue weighted by molar-refractivity contribution is 0.139. The van der Waals surface area contributed by atoms with Gasteiger partial charge in [0.25, 0.3) is 0 Å². The number of hydrazone groups is 1. The Morgan fingerprint density at radius 1 is 1.13 bits per heavy atom. The average molecular weight is 518 g/mol. The van der Waals surface area contributed by atoms with Crippen LogP contribution in [0.25, 0.3) is 11.3 Å². The highest BCUT2D eigenvalue weighted by molar-refractivity contribution is 6.35. The first-order valence-electron chi connectivity index (χ1n) is 12.7. The zero-order valence-corrected chi connectivity index (χ0v) is 22.2. The van der Waals surface area contributed by atoms with Crippen molar-refractivity contribution >= 4 is 31.5 Å². The Labute approximate surface area is 228 Å². The predicted molar refractivity (Wildman–Crippen MR) is 146 cm³/mol. The summed E-state index contributed by atoms with van der Waals surface area (Å²) >= 11 is 0. The maximum atomic E-state index is 13.5. The van der Waals surface area contributed by atoms with Crippen molar-refractivity contribution in [2.45, 2.75) is 39.8 Å². The number of nitrogens with zero attached hydrogens (tertiary/aromatic N) is 10. The number of aryl methyl sites for hydroxylation is 2. The molecule has 0 N–H and O–H groups in total. The first kappa shape index (κ1) is 25.9. The summed E-state index contributed by atoms with van der Waals surface area (Å²) in [5.41, 5.74) is 5.83. The second-order valence-corrected chi connectivity index (χ2v) is 9.73. The maximum Gasteiger partial charge on any atom is 0.341 e. The lowest BCUT2D eigenvalue weighted by atomic mass is 9.92. The van der Waals surface area contributed by atoms with Crippen LogP contribution in [0.4, 0.5) is 10.7 Å². The van der Waals surface area contributed by atoms with E-state index in [1.165, 1.54) is 5.01 Å². The highest BCUT2D eigenvalue weighted by Gasteiger charge is 2.34. The van der Waals surface area contributed by atoms with E-state index in [-0.39, 0.29) is 18.6 Å². The van der Waals surface area contributed by atoms with Crippen LogP contribution in [0.5, 0.6) is 0 Å². The molecule has 1 atom stereocenters. The van der Waals surface area contributed by atoms with Crippen LogP contribution < -0.4 is 10.4 Å². The first-order valence-corrected chi connectivity index (χ1v) is 12.7.